The molecule has 1 saturated heterocycles. The molecule has 51 heavy (non-hydrogen) atoms. The van der Waals surface area contributed by atoms with Crippen molar-refractivity contribution in [3.8, 4) is 0 Å². The van der Waals surface area contributed by atoms with E-state index >= 15 is 0 Å². The first kappa shape index (κ1) is 43.8. The highest BCUT2D eigenvalue weighted by atomic mass is 31.3. The molecule has 0 bridgehead atoms. The molecule has 0 spiro atoms. The molecule has 2 aromatic rings. The van der Waals surface area contributed by atoms with Crippen molar-refractivity contribution < 1.29 is 85.0 Å². The number of hydrogen-bond donors (Lipinski definition) is 8. The van der Waals surface area contributed by atoms with Crippen molar-refractivity contribution in [1.29, 1.82) is 0 Å². The van der Waals surface area contributed by atoms with Gasteiger partial charge < -0.3 is 69.3 Å². The number of anilines is 1. The van der Waals surface area contributed by atoms with Crippen LogP contribution in [0.25, 0.3) is 11.2 Å². The van der Waals surface area contributed by atoms with Crippen LogP contribution in [0.4, 0.5) is 5.82 Å². The van der Waals surface area contributed by atoms with Crippen LogP contribution in [0.1, 0.15) is 19.1 Å². The Kier molecular flexibility index (Phi) is 18.8. The zero-order chi connectivity index (χ0) is 37.3. The fraction of sp³-hybridized carbons (Fsp3) is 0.792. The Morgan fingerprint density at radius 2 is 1.33 bits per heavy atom. The standard InChI is InChI=1S/C24H45N6O18P3/c25-3-1-5-40-7-9-42-11-13-44-14-12-43-10-8-41-6-2-4-26-22-19-23(28-16-27-22)30(17-29-19)24-21(32)20(31)18(46-24)15-45-50(36,37)48-51(38,39)47-49(33,34)35/h16-18,20-21,24,31-32H,1-15,25H2,(H,36,37)(H,38,39)(H,26,27,28)(H2,33,34,35)/t18-,20?,21?,24-/m1/s1. The molecule has 294 valence electrons. The zero-order valence-electron chi connectivity index (χ0n) is 27.4. The van der Waals surface area contributed by atoms with Gasteiger partial charge in [0.1, 0.15) is 24.6 Å². The predicted molar refractivity (Wildman–Crippen MR) is 172 cm³/mol. The number of hydrogen-bond acceptors (Lipinski definition) is 19. The number of rotatable bonds is 28. The Morgan fingerprint density at radius 3 is 1.90 bits per heavy atom. The van der Waals surface area contributed by atoms with Crippen LogP contribution in [0.15, 0.2) is 12.7 Å². The minimum atomic E-state index is -5.75. The molecule has 0 aliphatic carbocycles. The van der Waals surface area contributed by atoms with Crippen LogP contribution in [0.2, 0.25) is 0 Å². The third kappa shape index (κ3) is 16.1. The third-order valence-electron chi connectivity index (χ3n) is 6.53. The molecule has 6 atom stereocenters. The van der Waals surface area contributed by atoms with Gasteiger partial charge in [-0.25, -0.2) is 28.6 Å². The highest BCUT2D eigenvalue weighted by molar-refractivity contribution is 7.66. The normalized spacial score (nSPS) is 21.9. The van der Waals surface area contributed by atoms with E-state index in [4.69, 9.17) is 43.9 Å². The summed E-state index contributed by atoms with van der Waals surface area (Å²) in [6.45, 7) is 4.78. The van der Waals surface area contributed by atoms with E-state index in [9.17, 15) is 33.7 Å². The van der Waals surface area contributed by atoms with E-state index in [1.807, 2.05) is 0 Å². The Hall–Kier alpha value is -1.60. The third-order valence-corrected chi connectivity index (χ3v) is 10.3. The van der Waals surface area contributed by atoms with Crippen LogP contribution in [-0.2, 0) is 55.3 Å². The lowest BCUT2D eigenvalue weighted by Gasteiger charge is -2.19. The second kappa shape index (κ2) is 21.9. The molecule has 24 nitrogen and oxygen atoms in total. The van der Waals surface area contributed by atoms with Gasteiger partial charge in [0.2, 0.25) is 0 Å². The lowest BCUT2D eigenvalue weighted by Crippen LogP contribution is -2.33. The summed E-state index contributed by atoms with van der Waals surface area (Å²) in [4.78, 5) is 48.8. The van der Waals surface area contributed by atoms with E-state index in [1.54, 1.807) is 0 Å². The Labute approximate surface area is 291 Å². The van der Waals surface area contributed by atoms with E-state index in [2.05, 4.69) is 33.4 Å². The number of aromatic nitrogens is 4. The van der Waals surface area contributed by atoms with Crippen LogP contribution >= 0.6 is 23.5 Å². The van der Waals surface area contributed by atoms with E-state index in [0.717, 1.165) is 6.42 Å². The maximum Gasteiger partial charge on any atom is 0.490 e. The summed E-state index contributed by atoms with van der Waals surface area (Å²) in [7, 11) is -16.8. The van der Waals surface area contributed by atoms with Gasteiger partial charge in [-0.3, -0.25) is 9.09 Å². The maximum atomic E-state index is 12.0. The van der Waals surface area contributed by atoms with Gasteiger partial charge in [0, 0.05) is 19.8 Å². The fourth-order valence-corrected chi connectivity index (χ4v) is 7.31. The lowest BCUT2D eigenvalue weighted by atomic mass is 10.1. The van der Waals surface area contributed by atoms with Gasteiger partial charge in [0.05, 0.1) is 65.8 Å². The average Bonchev–Trinajstić information content (AvgIpc) is 3.60. The quantitative estimate of drug-likeness (QED) is 0.0379. The van der Waals surface area contributed by atoms with Gasteiger partial charge in [-0.15, -0.1) is 0 Å². The van der Waals surface area contributed by atoms with Gasteiger partial charge in [0.15, 0.2) is 23.2 Å². The van der Waals surface area contributed by atoms with Gasteiger partial charge in [-0.05, 0) is 19.4 Å². The van der Waals surface area contributed by atoms with Gasteiger partial charge >= 0.3 is 23.5 Å². The molecule has 3 rings (SSSR count). The van der Waals surface area contributed by atoms with Crippen molar-refractivity contribution in [1.82, 2.24) is 19.5 Å². The van der Waals surface area contributed by atoms with Crippen molar-refractivity contribution in [3.05, 3.63) is 12.7 Å². The summed E-state index contributed by atoms with van der Waals surface area (Å²) >= 11 is 0. The topological polar surface area (TPSA) is 337 Å². The zero-order valence-corrected chi connectivity index (χ0v) is 30.0. The van der Waals surface area contributed by atoms with E-state index in [0.29, 0.717) is 96.9 Å². The van der Waals surface area contributed by atoms with Crippen LogP contribution in [0.3, 0.4) is 0 Å². The van der Waals surface area contributed by atoms with Crippen LogP contribution in [0, 0.1) is 0 Å². The van der Waals surface area contributed by atoms with Gasteiger partial charge in [-0.1, -0.05) is 0 Å². The van der Waals surface area contributed by atoms with Crippen molar-refractivity contribution in [2.45, 2.75) is 37.4 Å². The summed E-state index contributed by atoms with van der Waals surface area (Å²) in [5.74, 6) is 0.362. The van der Waals surface area contributed by atoms with E-state index < -0.39 is 54.6 Å². The van der Waals surface area contributed by atoms with Crippen molar-refractivity contribution >= 4 is 40.4 Å². The first-order valence-electron chi connectivity index (χ1n) is 15.5. The summed E-state index contributed by atoms with van der Waals surface area (Å²) in [5.41, 5.74) is 5.89. The molecular weight excluding hydrogens is 753 g/mol. The highest BCUT2D eigenvalue weighted by Gasteiger charge is 2.47. The molecule has 1 fully saturated rings. The van der Waals surface area contributed by atoms with Crippen molar-refractivity contribution in [2.75, 3.05) is 91.1 Å². The SMILES string of the molecule is NCCCOCCOCCOCCOCCOCCCNc1ncnc2c1ncn2[C@@H]1O[C@H](COP(=O)(O)OP(=O)(O)OP(=O)(O)O)C(O)C1O. The van der Waals surface area contributed by atoms with Gasteiger partial charge in [0.25, 0.3) is 0 Å². The second-order valence-corrected chi connectivity index (χ2v) is 14.9. The largest absolute Gasteiger partial charge is 0.490 e. The summed E-state index contributed by atoms with van der Waals surface area (Å²) in [6.07, 6.45) is -2.19. The summed E-state index contributed by atoms with van der Waals surface area (Å²) < 4.78 is 80.2. The van der Waals surface area contributed by atoms with E-state index in [1.165, 1.54) is 17.2 Å². The average molecular weight is 799 g/mol. The van der Waals surface area contributed by atoms with Crippen LogP contribution < -0.4 is 11.1 Å². The number of imidazole rings is 1. The number of aliphatic hydroxyl groups excluding tert-OH is 2. The number of phosphoric ester groups is 1. The molecule has 0 radical (unpaired) electrons. The molecule has 3 heterocycles. The molecule has 0 saturated carbocycles. The van der Waals surface area contributed by atoms with E-state index in [-0.39, 0.29) is 5.65 Å². The van der Waals surface area contributed by atoms with Gasteiger partial charge in [-0.2, -0.15) is 8.62 Å². The molecule has 27 heteroatoms. The minimum Gasteiger partial charge on any atom is -0.387 e. The monoisotopic (exact) mass is 798 g/mol. The number of fused-ring (bicyclic) bond motifs is 1. The number of phosphoric acid groups is 3. The molecule has 4 unspecified atom stereocenters. The summed E-state index contributed by atoms with van der Waals surface area (Å²) in [5, 5.41) is 24.2. The second-order valence-electron chi connectivity index (χ2n) is 10.5. The number of aliphatic hydroxyl groups is 2. The van der Waals surface area contributed by atoms with Crippen LogP contribution in [0.5, 0.6) is 0 Å². The number of nitrogens with one attached hydrogen (secondary N) is 1. The number of ether oxygens (including phenoxy) is 6. The molecule has 1 aliphatic heterocycles. The van der Waals surface area contributed by atoms with Crippen molar-refractivity contribution in [3.63, 3.8) is 0 Å². The van der Waals surface area contributed by atoms with Crippen LogP contribution in [-0.4, -0.2) is 153 Å². The first-order valence-corrected chi connectivity index (χ1v) is 20.1. The minimum absolute atomic E-state index is 0.200. The molecule has 2 aromatic heterocycles. The fourth-order valence-electron chi connectivity index (χ4n) is 4.28. The molecule has 1 aliphatic rings. The van der Waals surface area contributed by atoms with Crippen molar-refractivity contribution in [2.24, 2.45) is 5.73 Å². The molecule has 9 N–H and O–H groups in total. The lowest BCUT2D eigenvalue weighted by molar-refractivity contribution is -0.0503. The molecule has 0 amide bonds. The Morgan fingerprint density at radius 1 is 0.765 bits per heavy atom. The smallest absolute Gasteiger partial charge is 0.387 e. The summed E-state index contributed by atoms with van der Waals surface area (Å²) in [6, 6.07) is 0. The number of nitrogens with two attached hydrogens (primary N) is 1. The Balaban J connectivity index is 1.33. The predicted octanol–water partition coefficient (Wildman–Crippen LogP) is -0.977. The number of nitrogens with zero attached hydrogens (tertiary/aromatic N) is 4. The first-order chi connectivity index (χ1) is 24.2. The maximum absolute atomic E-state index is 12.0. The Bertz CT molecular complexity index is 1450. The molecule has 0 aromatic carbocycles. The molecular formula is C24H45N6O18P3. The highest BCUT2D eigenvalue weighted by Crippen LogP contribution is 2.66.